The van der Waals surface area contributed by atoms with Gasteiger partial charge in [-0.1, -0.05) is 0 Å². The molecule has 1 aliphatic heterocycles. The Hall–Kier alpha value is -0.900. The molecule has 1 heterocycles. The molecule has 56 valence electrons. The van der Waals surface area contributed by atoms with E-state index in [4.69, 9.17) is 0 Å². The van der Waals surface area contributed by atoms with Gasteiger partial charge in [0.25, 0.3) is 0 Å². The van der Waals surface area contributed by atoms with Crippen LogP contribution in [-0.2, 0) is 9.59 Å². The predicted molar refractivity (Wildman–Crippen MR) is 35.5 cm³/mol. The summed E-state index contributed by atoms with van der Waals surface area (Å²) in [6.07, 6.45) is 2.24. The van der Waals surface area contributed by atoms with Gasteiger partial charge in [0.15, 0.2) is 0 Å². The molecule has 4 nitrogen and oxygen atoms in total. The lowest BCUT2D eigenvalue weighted by atomic mass is 10.2. The van der Waals surface area contributed by atoms with E-state index >= 15 is 0 Å². The van der Waals surface area contributed by atoms with Gasteiger partial charge < -0.3 is 15.4 Å². The maximum absolute atomic E-state index is 10.2. The van der Waals surface area contributed by atoms with E-state index in [0.29, 0.717) is 19.4 Å². The van der Waals surface area contributed by atoms with E-state index in [-0.39, 0.29) is 12.1 Å². The second-order valence-electron chi connectivity index (χ2n) is 2.37. The maximum Gasteiger partial charge on any atom is 0.207 e. The van der Waals surface area contributed by atoms with Crippen LogP contribution in [0, 0.1) is 0 Å². The van der Waals surface area contributed by atoms with Crippen molar-refractivity contribution in [3.8, 4) is 0 Å². The Kier molecular flexibility index (Phi) is 2.39. The molecular formula is C6H10N2O2. The molecule has 0 aliphatic carbocycles. The second-order valence-corrected chi connectivity index (χ2v) is 2.37. The van der Waals surface area contributed by atoms with Gasteiger partial charge in [0, 0.05) is 12.6 Å². The molecule has 0 spiro atoms. The van der Waals surface area contributed by atoms with Crippen LogP contribution in [0.4, 0.5) is 0 Å². The van der Waals surface area contributed by atoms with E-state index in [1.807, 2.05) is 0 Å². The van der Waals surface area contributed by atoms with Gasteiger partial charge in [-0.15, -0.1) is 0 Å². The van der Waals surface area contributed by atoms with Crippen molar-refractivity contribution in [1.29, 1.82) is 0 Å². The normalized spacial score (nSPS) is 31.6. The van der Waals surface area contributed by atoms with Crippen molar-refractivity contribution < 1.29 is 9.59 Å². The molecule has 1 fully saturated rings. The van der Waals surface area contributed by atoms with Crippen molar-refractivity contribution >= 4 is 12.7 Å². The van der Waals surface area contributed by atoms with Crippen molar-refractivity contribution in [2.75, 3.05) is 6.54 Å². The van der Waals surface area contributed by atoms with E-state index in [1.54, 1.807) is 0 Å². The molecule has 2 N–H and O–H groups in total. The van der Waals surface area contributed by atoms with Crippen LogP contribution in [0.5, 0.6) is 0 Å². The zero-order valence-electron chi connectivity index (χ0n) is 5.54. The lowest BCUT2D eigenvalue weighted by Crippen LogP contribution is -2.29. The number of hydrogen-bond acceptors (Lipinski definition) is 3. The molecule has 0 radical (unpaired) electrons. The predicted octanol–water partition coefficient (Wildman–Crippen LogP) is -1.34. The van der Waals surface area contributed by atoms with Crippen molar-refractivity contribution in [2.24, 2.45) is 0 Å². The molecular weight excluding hydrogens is 132 g/mol. The summed E-state index contributed by atoms with van der Waals surface area (Å²) in [5.41, 5.74) is 0. The molecule has 0 aromatic rings. The molecule has 10 heavy (non-hydrogen) atoms. The Bertz CT molecular complexity index is 138. The first-order valence-corrected chi connectivity index (χ1v) is 3.25. The van der Waals surface area contributed by atoms with Crippen LogP contribution in [0.15, 0.2) is 0 Å². The minimum absolute atomic E-state index is 0.0718. The van der Waals surface area contributed by atoms with Crippen LogP contribution in [0.25, 0.3) is 0 Å². The highest BCUT2D eigenvalue weighted by Gasteiger charge is 2.22. The van der Waals surface area contributed by atoms with Crippen molar-refractivity contribution in [1.82, 2.24) is 10.6 Å². The standard InChI is InChI=1S/C6H10N2O2/c9-3-6-1-5(2-7-6)8-4-10/h3-7H,1-2H2,(H,8,10). The smallest absolute Gasteiger partial charge is 0.207 e. The molecule has 1 aliphatic rings. The van der Waals surface area contributed by atoms with Gasteiger partial charge in [-0.3, -0.25) is 4.79 Å². The first-order chi connectivity index (χ1) is 4.86. The summed E-state index contributed by atoms with van der Waals surface area (Å²) in [4.78, 5) is 20.1. The molecule has 2 atom stereocenters. The quantitative estimate of drug-likeness (QED) is 0.479. The number of hydrogen-bond donors (Lipinski definition) is 2. The van der Waals surface area contributed by atoms with Crippen molar-refractivity contribution in [3.63, 3.8) is 0 Å². The highest BCUT2D eigenvalue weighted by Crippen LogP contribution is 2.02. The third-order valence-corrected chi connectivity index (χ3v) is 1.63. The summed E-state index contributed by atoms with van der Waals surface area (Å²) in [5, 5.41) is 5.56. The van der Waals surface area contributed by atoms with Crippen molar-refractivity contribution in [2.45, 2.75) is 18.5 Å². The molecule has 1 rings (SSSR count). The number of carbonyl (C=O) groups excluding carboxylic acids is 2. The molecule has 0 aromatic carbocycles. The Morgan fingerprint density at radius 2 is 2.30 bits per heavy atom. The third-order valence-electron chi connectivity index (χ3n) is 1.63. The van der Waals surface area contributed by atoms with Crippen LogP contribution >= 0.6 is 0 Å². The molecule has 1 amide bonds. The lowest BCUT2D eigenvalue weighted by molar-refractivity contribution is -0.111. The number of carbonyl (C=O) groups is 2. The number of rotatable bonds is 3. The number of nitrogens with one attached hydrogen (secondary N) is 2. The summed E-state index contributed by atoms with van der Waals surface area (Å²) >= 11 is 0. The van der Waals surface area contributed by atoms with E-state index in [2.05, 4.69) is 10.6 Å². The van der Waals surface area contributed by atoms with Crippen LogP contribution in [0.2, 0.25) is 0 Å². The summed E-state index contributed by atoms with van der Waals surface area (Å²) in [6, 6.07) is 0.0603. The summed E-state index contributed by atoms with van der Waals surface area (Å²) < 4.78 is 0. The minimum Gasteiger partial charge on any atom is -0.355 e. The van der Waals surface area contributed by atoms with Gasteiger partial charge in [0.2, 0.25) is 6.41 Å². The van der Waals surface area contributed by atoms with Crippen LogP contribution in [-0.4, -0.2) is 31.3 Å². The van der Waals surface area contributed by atoms with E-state index in [0.717, 1.165) is 6.29 Å². The first-order valence-electron chi connectivity index (χ1n) is 3.25. The summed E-state index contributed by atoms with van der Waals surface area (Å²) in [7, 11) is 0. The lowest BCUT2D eigenvalue weighted by Gasteiger charge is -2.03. The molecule has 0 aromatic heterocycles. The van der Waals surface area contributed by atoms with Gasteiger partial charge in [0.05, 0.1) is 6.04 Å². The summed E-state index contributed by atoms with van der Waals surface area (Å²) in [6.45, 7) is 0.697. The minimum atomic E-state index is -0.0718. The average molecular weight is 142 g/mol. The van der Waals surface area contributed by atoms with Gasteiger partial charge in [-0.2, -0.15) is 0 Å². The largest absolute Gasteiger partial charge is 0.355 e. The average Bonchev–Trinajstić information content (AvgIpc) is 2.37. The number of aldehydes is 1. The molecule has 2 unspecified atom stereocenters. The van der Waals surface area contributed by atoms with Crippen molar-refractivity contribution in [3.05, 3.63) is 0 Å². The van der Waals surface area contributed by atoms with E-state index < -0.39 is 0 Å². The topological polar surface area (TPSA) is 58.2 Å². The van der Waals surface area contributed by atoms with Crippen LogP contribution in [0.3, 0.4) is 0 Å². The fourth-order valence-corrected chi connectivity index (χ4v) is 1.09. The zero-order valence-corrected chi connectivity index (χ0v) is 5.54. The zero-order chi connectivity index (χ0) is 7.40. The van der Waals surface area contributed by atoms with Gasteiger partial charge in [-0.05, 0) is 6.42 Å². The van der Waals surface area contributed by atoms with E-state index in [9.17, 15) is 9.59 Å². The third kappa shape index (κ3) is 1.54. The Morgan fingerprint density at radius 3 is 2.80 bits per heavy atom. The molecule has 0 bridgehead atoms. The van der Waals surface area contributed by atoms with Gasteiger partial charge in [0.1, 0.15) is 6.29 Å². The fourth-order valence-electron chi connectivity index (χ4n) is 1.09. The highest BCUT2D eigenvalue weighted by molar-refractivity contribution is 5.58. The Morgan fingerprint density at radius 1 is 1.50 bits per heavy atom. The van der Waals surface area contributed by atoms with Gasteiger partial charge >= 0.3 is 0 Å². The molecule has 4 heteroatoms. The highest BCUT2D eigenvalue weighted by atomic mass is 16.1. The van der Waals surface area contributed by atoms with Gasteiger partial charge in [-0.25, -0.2) is 0 Å². The Balaban J connectivity index is 2.27. The van der Waals surface area contributed by atoms with E-state index in [1.165, 1.54) is 0 Å². The Labute approximate surface area is 59.0 Å². The molecule has 0 saturated carbocycles. The van der Waals surface area contributed by atoms with Crippen LogP contribution in [0.1, 0.15) is 6.42 Å². The molecule has 1 saturated heterocycles. The van der Waals surface area contributed by atoms with Crippen LogP contribution < -0.4 is 10.6 Å². The SMILES string of the molecule is O=CNC1CNC(C=O)C1. The summed E-state index contributed by atoms with van der Waals surface area (Å²) in [5.74, 6) is 0. The monoisotopic (exact) mass is 142 g/mol. The first kappa shape index (κ1) is 7.21. The second kappa shape index (κ2) is 3.31. The fraction of sp³-hybridized carbons (Fsp3) is 0.667. The maximum atomic E-state index is 10.2. The number of amides is 1.